The van der Waals surface area contributed by atoms with E-state index in [-0.39, 0.29) is 12.1 Å². The van der Waals surface area contributed by atoms with Gasteiger partial charge >= 0.3 is 6.03 Å². The molecule has 5 heteroatoms. The number of amides is 2. The number of benzene rings is 1. The van der Waals surface area contributed by atoms with Crippen molar-refractivity contribution in [3.8, 4) is 0 Å². The van der Waals surface area contributed by atoms with Crippen molar-refractivity contribution in [2.75, 3.05) is 23.9 Å². The molecule has 5 nitrogen and oxygen atoms in total. The number of para-hydroxylation sites is 1. The maximum absolute atomic E-state index is 12.6. The SMILES string of the molecule is CC1Cc2ccccc2N1C(=O)NCc1ccnc(N(C)C)c1. The molecule has 0 bridgehead atoms. The number of carbonyl (C=O) groups is 1. The second-order valence-electron chi connectivity index (χ2n) is 6.13. The molecule has 2 heterocycles. The van der Waals surface area contributed by atoms with E-state index < -0.39 is 0 Å². The van der Waals surface area contributed by atoms with E-state index in [2.05, 4.69) is 23.3 Å². The molecule has 0 saturated heterocycles. The largest absolute Gasteiger partial charge is 0.363 e. The summed E-state index contributed by atoms with van der Waals surface area (Å²) in [5.41, 5.74) is 3.28. The maximum atomic E-state index is 12.6. The first-order valence-electron chi connectivity index (χ1n) is 7.83. The Morgan fingerprint density at radius 2 is 2.13 bits per heavy atom. The lowest BCUT2D eigenvalue weighted by Gasteiger charge is -2.23. The molecule has 2 amide bonds. The van der Waals surface area contributed by atoms with Crippen LogP contribution in [-0.4, -0.2) is 31.2 Å². The fourth-order valence-electron chi connectivity index (χ4n) is 2.95. The Bertz CT molecular complexity index is 714. The number of anilines is 2. The fourth-order valence-corrected chi connectivity index (χ4v) is 2.95. The number of pyridine rings is 1. The number of aromatic nitrogens is 1. The van der Waals surface area contributed by atoms with Gasteiger partial charge in [0, 0.05) is 38.6 Å². The molecular weight excluding hydrogens is 288 g/mol. The Hall–Kier alpha value is -2.56. The highest BCUT2D eigenvalue weighted by atomic mass is 16.2. The van der Waals surface area contributed by atoms with Gasteiger partial charge in [-0.05, 0) is 42.7 Å². The van der Waals surface area contributed by atoms with Crippen molar-refractivity contribution in [1.82, 2.24) is 10.3 Å². The summed E-state index contributed by atoms with van der Waals surface area (Å²) < 4.78 is 0. The van der Waals surface area contributed by atoms with Crippen LogP contribution in [0.1, 0.15) is 18.1 Å². The van der Waals surface area contributed by atoms with E-state index in [0.717, 1.165) is 23.5 Å². The van der Waals surface area contributed by atoms with Crippen LogP contribution in [-0.2, 0) is 13.0 Å². The molecule has 1 aromatic carbocycles. The predicted molar refractivity (Wildman–Crippen MR) is 92.9 cm³/mol. The average molecular weight is 310 g/mol. The molecule has 23 heavy (non-hydrogen) atoms. The van der Waals surface area contributed by atoms with Crippen molar-refractivity contribution in [2.45, 2.75) is 25.9 Å². The Morgan fingerprint density at radius 3 is 2.91 bits per heavy atom. The van der Waals surface area contributed by atoms with Crippen LogP contribution in [0.3, 0.4) is 0 Å². The lowest BCUT2D eigenvalue weighted by atomic mass is 10.1. The third-order valence-corrected chi connectivity index (χ3v) is 4.14. The molecule has 3 rings (SSSR count). The van der Waals surface area contributed by atoms with Gasteiger partial charge in [-0.2, -0.15) is 0 Å². The minimum Gasteiger partial charge on any atom is -0.363 e. The molecule has 0 saturated carbocycles. The lowest BCUT2D eigenvalue weighted by molar-refractivity contribution is 0.244. The van der Waals surface area contributed by atoms with Crippen LogP contribution in [0.25, 0.3) is 0 Å². The molecule has 1 aromatic heterocycles. The van der Waals surface area contributed by atoms with Gasteiger partial charge in [-0.25, -0.2) is 9.78 Å². The summed E-state index contributed by atoms with van der Waals surface area (Å²) in [6, 6.07) is 12.1. The van der Waals surface area contributed by atoms with Crippen molar-refractivity contribution in [3.05, 3.63) is 53.7 Å². The van der Waals surface area contributed by atoms with E-state index in [9.17, 15) is 4.79 Å². The third kappa shape index (κ3) is 3.13. The van der Waals surface area contributed by atoms with Gasteiger partial charge in [0.25, 0.3) is 0 Å². The fraction of sp³-hybridized carbons (Fsp3) is 0.333. The standard InChI is InChI=1S/C18H22N4O/c1-13-10-15-6-4-5-7-16(15)22(13)18(23)20-12-14-8-9-19-17(11-14)21(2)3/h4-9,11,13H,10,12H2,1-3H3,(H,20,23). The van der Waals surface area contributed by atoms with Gasteiger partial charge in [0.2, 0.25) is 0 Å². The Morgan fingerprint density at radius 1 is 1.35 bits per heavy atom. The van der Waals surface area contributed by atoms with Gasteiger partial charge in [-0.15, -0.1) is 0 Å². The van der Waals surface area contributed by atoms with E-state index in [1.54, 1.807) is 6.20 Å². The van der Waals surface area contributed by atoms with E-state index in [4.69, 9.17) is 0 Å². The van der Waals surface area contributed by atoms with E-state index in [1.807, 2.05) is 54.2 Å². The first-order valence-corrected chi connectivity index (χ1v) is 7.83. The number of rotatable bonds is 3. The minimum atomic E-state index is -0.0503. The highest BCUT2D eigenvalue weighted by Gasteiger charge is 2.30. The van der Waals surface area contributed by atoms with Gasteiger partial charge < -0.3 is 10.2 Å². The van der Waals surface area contributed by atoms with Gasteiger partial charge in [0.05, 0.1) is 0 Å². The van der Waals surface area contributed by atoms with Crippen LogP contribution >= 0.6 is 0 Å². The number of nitrogens with one attached hydrogen (secondary N) is 1. The molecule has 1 aliphatic heterocycles. The predicted octanol–water partition coefficient (Wildman–Crippen LogP) is 2.81. The monoisotopic (exact) mass is 310 g/mol. The highest BCUT2D eigenvalue weighted by Crippen LogP contribution is 2.31. The molecule has 1 N–H and O–H groups in total. The third-order valence-electron chi connectivity index (χ3n) is 4.14. The van der Waals surface area contributed by atoms with E-state index in [1.165, 1.54) is 5.56 Å². The molecule has 1 aliphatic rings. The molecular formula is C18H22N4O. The zero-order chi connectivity index (χ0) is 16.4. The van der Waals surface area contributed by atoms with Crippen LogP contribution in [0.15, 0.2) is 42.6 Å². The number of urea groups is 1. The zero-order valence-corrected chi connectivity index (χ0v) is 13.8. The molecule has 0 aliphatic carbocycles. The topological polar surface area (TPSA) is 48.5 Å². The first-order chi connectivity index (χ1) is 11.1. The number of carbonyl (C=O) groups excluding carboxylic acids is 1. The number of hydrogen-bond acceptors (Lipinski definition) is 3. The second-order valence-corrected chi connectivity index (χ2v) is 6.13. The van der Waals surface area contributed by atoms with Crippen molar-refractivity contribution in [3.63, 3.8) is 0 Å². The second kappa shape index (κ2) is 6.28. The summed E-state index contributed by atoms with van der Waals surface area (Å²) >= 11 is 0. The zero-order valence-electron chi connectivity index (χ0n) is 13.8. The summed E-state index contributed by atoms with van der Waals surface area (Å²) in [6.45, 7) is 2.57. The Kier molecular flexibility index (Phi) is 4.19. The van der Waals surface area contributed by atoms with Crippen molar-refractivity contribution in [1.29, 1.82) is 0 Å². The van der Waals surface area contributed by atoms with Crippen LogP contribution < -0.4 is 15.1 Å². The van der Waals surface area contributed by atoms with Gasteiger partial charge in [-0.1, -0.05) is 18.2 Å². The normalized spacial score (nSPS) is 16.1. The van der Waals surface area contributed by atoms with E-state index in [0.29, 0.717) is 6.54 Å². The van der Waals surface area contributed by atoms with Crippen LogP contribution in [0.4, 0.5) is 16.3 Å². The number of nitrogens with zero attached hydrogens (tertiary/aromatic N) is 3. The quantitative estimate of drug-likeness (QED) is 0.948. The summed E-state index contributed by atoms with van der Waals surface area (Å²) in [5.74, 6) is 0.886. The highest BCUT2D eigenvalue weighted by molar-refractivity contribution is 5.94. The molecule has 2 aromatic rings. The Balaban J connectivity index is 1.69. The van der Waals surface area contributed by atoms with Gasteiger partial charge in [0.1, 0.15) is 5.82 Å². The molecule has 0 radical (unpaired) electrons. The molecule has 0 fully saturated rings. The first kappa shape index (κ1) is 15.3. The molecule has 1 unspecified atom stereocenters. The molecule has 1 atom stereocenters. The summed E-state index contributed by atoms with van der Waals surface area (Å²) in [5, 5.41) is 3.02. The molecule has 120 valence electrons. The van der Waals surface area contributed by atoms with Crippen LogP contribution in [0.2, 0.25) is 0 Å². The van der Waals surface area contributed by atoms with Crippen molar-refractivity contribution in [2.24, 2.45) is 0 Å². The lowest BCUT2D eigenvalue weighted by Crippen LogP contribution is -2.43. The number of fused-ring (bicyclic) bond motifs is 1. The number of hydrogen-bond donors (Lipinski definition) is 1. The molecule has 0 spiro atoms. The minimum absolute atomic E-state index is 0.0503. The van der Waals surface area contributed by atoms with Gasteiger partial charge in [-0.3, -0.25) is 4.90 Å². The van der Waals surface area contributed by atoms with Crippen LogP contribution in [0, 0.1) is 0 Å². The van der Waals surface area contributed by atoms with Crippen LogP contribution in [0.5, 0.6) is 0 Å². The smallest absolute Gasteiger partial charge is 0.322 e. The van der Waals surface area contributed by atoms with Crippen molar-refractivity contribution < 1.29 is 4.79 Å². The van der Waals surface area contributed by atoms with E-state index >= 15 is 0 Å². The summed E-state index contributed by atoms with van der Waals surface area (Å²) in [7, 11) is 3.90. The summed E-state index contributed by atoms with van der Waals surface area (Å²) in [4.78, 5) is 20.7. The average Bonchev–Trinajstić information content (AvgIpc) is 2.88. The Labute approximate surface area is 136 Å². The summed E-state index contributed by atoms with van der Waals surface area (Å²) in [6.07, 6.45) is 2.67. The van der Waals surface area contributed by atoms with Crippen molar-refractivity contribution >= 4 is 17.5 Å². The maximum Gasteiger partial charge on any atom is 0.322 e. The van der Waals surface area contributed by atoms with Gasteiger partial charge in [0.15, 0.2) is 0 Å².